The fourth-order valence-corrected chi connectivity index (χ4v) is 3.23. The fourth-order valence-electron chi connectivity index (χ4n) is 2.66. The Kier molecular flexibility index (Phi) is 11.2. The van der Waals surface area contributed by atoms with Crippen LogP contribution in [0, 0.1) is 0 Å². The monoisotopic (exact) mass is 561 g/mol. The number of carbonyl (C=O) groups is 1. The third-order valence-corrected chi connectivity index (χ3v) is 4.54. The fraction of sp³-hybridized carbons (Fsp3) is 0.400. The van der Waals surface area contributed by atoms with Crippen molar-refractivity contribution < 1.29 is 4.79 Å². The summed E-state index contributed by atoms with van der Waals surface area (Å²) in [7, 11) is 4.02. The number of amides is 1. The number of aliphatic imine (C=N–C) groups is 1. The summed E-state index contributed by atoms with van der Waals surface area (Å²) in [6.07, 6.45) is 2.40. The molecule has 6 nitrogen and oxygen atoms in total. The number of aromatic nitrogens is 1. The zero-order valence-corrected chi connectivity index (χ0v) is 20.5. The summed E-state index contributed by atoms with van der Waals surface area (Å²) in [6.45, 7) is 4.54. The summed E-state index contributed by atoms with van der Waals surface area (Å²) in [5, 5.41) is 6.22. The summed E-state index contributed by atoms with van der Waals surface area (Å²) in [4.78, 5) is 18.7. The van der Waals surface area contributed by atoms with Crippen molar-refractivity contribution in [3.8, 4) is 0 Å². The van der Waals surface area contributed by atoms with Crippen molar-refractivity contribution in [3.05, 3.63) is 58.3 Å². The molecule has 1 heterocycles. The van der Waals surface area contributed by atoms with Crippen molar-refractivity contribution in [2.45, 2.75) is 26.4 Å². The molecule has 0 unspecified atom stereocenters. The Morgan fingerprint density at radius 2 is 1.96 bits per heavy atom. The molecule has 154 valence electrons. The van der Waals surface area contributed by atoms with Gasteiger partial charge in [0.25, 0.3) is 0 Å². The molecule has 0 saturated carbocycles. The first kappa shape index (κ1) is 24.5. The summed E-state index contributed by atoms with van der Waals surface area (Å²) >= 11 is 3.50. The highest BCUT2D eigenvalue weighted by molar-refractivity contribution is 14.0. The topological polar surface area (TPSA) is 61.7 Å². The van der Waals surface area contributed by atoms with Crippen LogP contribution in [-0.4, -0.2) is 41.5 Å². The highest BCUT2D eigenvalue weighted by Crippen LogP contribution is 2.15. The first-order chi connectivity index (χ1) is 13.0. The van der Waals surface area contributed by atoms with Gasteiger partial charge in [-0.1, -0.05) is 30.3 Å². The molecule has 1 aromatic carbocycles. The number of benzene rings is 1. The molecule has 0 radical (unpaired) electrons. The Hall–Kier alpha value is -1.55. The second-order valence-electron chi connectivity index (χ2n) is 6.36. The van der Waals surface area contributed by atoms with E-state index in [4.69, 9.17) is 0 Å². The van der Waals surface area contributed by atoms with Crippen LogP contribution in [0.1, 0.15) is 24.6 Å². The Morgan fingerprint density at radius 3 is 2.57 bits per heavy atom. The Labute approximate surface area is 192 Å². The lowest BCUT2D eigenvalue weighted by molar-refractivity contribution is -0.121. The molecule has 1 aromatic heterocycles. The number of halogens is 2. The summed E-state index contributed by atoms with van der Waals surface area (Å²) in [6, 6.07) is 12.0. The molecule has 2 rings (SSSR count). The molecule has 2 aromatic rings. The van der Waals surface area contributed by atoms with E-state index in [-0.39, 0.29) is 29.9 Å². The molecule has 0 bridgehead atoms. The Morgan fingerprint density at radius 1 is 1.25 bits per heavy atom. The Balaban J connectivity index is 0.00000392. The number of nitrogens with zero attached hydrogens (tertiary/aromatic N) is 3. The maximum absolute atomic E-state index is 12.0. The van der Waals surface area contributed by atoms with Gasteiger partial charge in [0.2, 0.25) is 5.91 Å². The van der Waals surface area contributed by atoms with E-state index in [1.165, 1.54) is 5.69 Å². The van der Waals surface area contributed by atoms with Crippen molar-refractivity contribution in [2.75, 3.05) is 20.1 Å². The molecule has 0 fully saturated rings. The largest absolute Gasteiger partial charge is 0.357 e. The molecule has 28 heavy (non-hydrogen) atoms. The van der Waals surface area contributed by atoms with Gasteiger partial charge in [-0.3, -0.25) is 9.79 Å². The van der Waals surface area contributed by atoms with E-state index in [2.05, 4.69) is 47.1 Å². The average molecular weight is 562 g/mol. The zero-order valence-electron chi connectivity index (χ0n) is 16.6. The van der Waals surface area contributed by atoms with Crippen LogP contribution in [-0.2, 0) is 24.9 Å². The van der Waals surface area contributed by atoms with E-state index in [0.29, 0.717) is 19.5 Å². The molecule has 0 atom stereocenters. The first-order valence-corrected chi connectivity index (χ1v) is 9.89. The van der Waals surface area contributed by atoms with E-state index < -0.39 is 0 Å². The van der Waals surface area contributed by atoms with Gasteiger partial charge in [0, 0.05) is 50.0 Å². The third-order valence-electron chi connectivity index (χ3n) is 4.10. The maximum Gasteiger partial charge on any atom is 0.222 e. The van der Waals surface area contributed by atoms with Gasteiger partial charge in [0.05, 0.1) is 13.1 Å². The van der Waals surface area contributed by atoms with Gasteiger partial charge in [-0.05, 0) is 34.5 Å². The Bertz CT molecular complexity index is 763. The lowest BCUT2D eigenvalue weighted by Crippen LogP contribution is -2.39. The van der Waals surface area contributed by atoms with Crippen molar-refractivity contribution in [2.24, 2.45) is 12.0 Å². The van der Waals surface area contributed by atoms with Gasteiger partial charge < -0.3 is 20.1 Å². The van der Waals surface area contributed by atoms with Gasteiger partial charge in [-0.2, -0.15) is 0 Å². The number of nitrogens with one attached hydrogen (secondary N) is 2. The molecule has 2 N–H and O–H groups in total. The summed E-state index contributed by atoms with van der Waals surface area (Å²) in [5.74, 6) is 0.804. The van der Waals surface area contributed by atoms with E-state index in [1.807, 2.05) is 57.5 Å². The van der Waals surface area contributed by atoms with Crippen LogP contribution < -0.4 is 10.6 Å². The van der Waals surface area contributed by atoms with Crippen molar-refractivity contribution in [1.29, 1.82) is 0 Å². The SMILES string of the molecule is CCNC(=NCCC(=O)NCc1ccccc1)N(C)Cc1cc(Br)cn1C.I. The van der Waals surface area contributed by atoms with E-state index >= 15 is 0 Å². The maximum atomic E-state index is 12.0. The zero-order chi connectivity index (χ0) is 19.6. The number of guanidine groups is 1. The summed E-state index contributed by atoms with van der Waals surface area (Å²) in [5.41, 5.74) is 2.27. The molecule has 0 aliphatic rings. The minimum atomic E-state index is 0. The van der Waals surface area contributed by atoms with Crippen molar-refractivity contribution >= 4 is 51.8 Å². The molecule has 0 aliphatic heterocycles. The molecule has 0 spiro atoms. The van der Waals surface area contributed by atoms with Crippen LogP contribution in [0.3, 0.4) is 0 Å². The lowest BCUT2D eigenvalue weighted by atomic mass is 10.2. The first-order valence-electron chi connectivity index (χ1n) is 9.10. The van der Waals surface area contributed by atoms with E-state index in [1.54, 1.807) is 0 Å². The van der Waals surface area contributed by atoms with Gasteiger partial charge in [-0.15, -0.1) is 24.0 Å². The van der Waals surface area contributed by atoms with Gasteiger partial charge in [0.15, 0.2) is 5.96 Å². The van der Waals surface area contributed by atoms with Crippen LogP contribution in [0.25, 0.3) is 0 Å². The van der Waals surface area contributed by atoms with Crippen LogP contribution in [0.5, 0.6) is 0 Å². The lowest BCUT2D eigenvalue weighted by Gasteiger charge is -2.22. The molecular weight excluding hydrogens is 533 g/mol. The van der Waals surface area contributed by atoms with Crippen LogP contribution in [0.2, 0.25) is 0 Å². The molecule has 0 aliphatic carbocycles. The second-order valence-corrected chi connectivity index (χ2v) is 7.28. The van der Waals surface area contributed by atoms with Crippen molar-refractivity contribution in [1.82, 2.24) is 20.1 Å². The van der Waals surface area contributed by atoms with Crippen LogP contribution in [0.4, 0.5) is 0 Å². The molecular formula is C20H29BrIN5O. The summed E-state index contributed by atoms with van der Waals surface area (Å²) < 4.78 is 3.15. The smallest absolute Gasteiger partial charge is 0.222 e. The number of hydrogen-bond acceptors (Lipinski definition) is 2. The average Bonchev–Trinajstić information content (AvgIpc) is 2.97. The van der Waals surface area contributed by atoms with Crippen LogP contribution in [0.15, 0.2) is 52.1 Å². The number of hydrogen-bond donors (Lipinski definition) is 2. The minimum Gasteiger partial charge on any atom is -0.357 e. The van der Waals surface area contributed by atoms with Crippen molar-refractivity contribution in [3.63, 3.8) is 0 Å². The third kappa shape index (κ3) is 8.22. The van der Waals surface area contributed by atoms with E-state index in [9.17, 15) is 4.79 Å². The highest BCUT2D eigenvalue weighted by Gasteiger charge is 2.10. The number of aryl methyl sites for hydroxylation is 1. The van der Waals surface area contributed by atoms with Crippen LogP contribution >= 0.6 is 39.9 Å². The second kappa shape index (κ2) is 12.8. The quantitative estimate of drug-likeness (QED) is 0.294. The molecule has 0 saturated heterocycles. The predicted molar refractivity (Wildman–Crippen MR) is 129 cm³/mol. The minimum absolute atomic E-state index is 0. The predicted octanol–water partition coefficient (Wildman–Crippen LogP) is 3.51. The molecule has 1 amide bonds. The van der Waals surface area contributed by atoms with Gasteiger partial charge in [0.1, 0.15) is 0 Å². The highest BCUT2D eigenvalue weighted by atomic mass is 127. The van der Waals surface area contributed by atoms with Gasteiger partial charge in [-0.25, -0.2) is 0 Å². The standard InChI is InChI=1S/C20H28BrN5O.HI/c1-4-22-20(26(3)15-18-12-17(21)14-25(18)2)23-11-10-19(27)24-13-16-8-6-5-7-9-16;/h5-9,12,14H,4,10-11,13,15H2,1-3H3,(H,22,23)(H,24,27);1H. The molecule has 8 heteroatoms. The van der Waals surface area contributed by atoms with Gasteiger partial charge >= 0.3 is 0 Å². The normalized spacial score (nSPS) is 10.9. The number of rotatable bonds is 8. The number of carbonyl (C=O) groups excluding carboxylic acids is 1. The van der Waals surface area contributed by atoms with E-state index in [0.717, 1.165) is 29.1 Å².